The van der Waals surface area contributed by atoms with Gasteiger partial charge in [0.05, 0.1) is 0 Å². The summed E-state index contributed by atoms with van der Waals surface area (Å²) in [6.07, 6.45) is 1.10. The Morgan fingerprint density at radius 2 is 1.17 bits per heavy atom. The Labute approximate surface area is 113 Å². The van der Waals surface area contributed by atoms with E-state index < -0.39 is 0 Å². The molecule has 0 spiro atoms. The monoisotopic (exact) mass is 247 g/mol. The molecule has 0 radical (unpaired) electrons. The van der Waals surface area contributed by atoms with Crippen molar-refractivity contribution >= 4 is 0 Å². The third kappa shape index (κ3) is 2.33. The molecule has 0 aliphatic heterocycles. The van der Waals surface area contributed by atoms with Crippen LogP contribution in [-0.2, 0) is 0 Å². The maximum Gasteiger partial charge on any atom is 0.0352 e. The quantitative estimate of drug-likeness (QED) is 0.825. The Balaban J connectivity index is 3.52. The maximum absolute atomic E-state index is 6.57. The molecule has 0 aromatic heterocycles. The van der Waals surface area contributed by atoms with Gasteiger partial charge in [-0.2, -0.15) is 0 Å². The van der Waals surface area contributed by atoms with Crippen molar-refractivity contribution in [1.82, 2.24) is 0 Å². The molecule has 1 heteroatoms. The van der Waals surface area contributed by atoms with Gasteiger partial charge in [0.25, 0.3) is 0 Å². The predicted molar refractivity (Wildman–Crippen MR) is 81.1 cm³/mol. The predicted octanol–water partition coefficient (Wildman–Crippen LogP) is 4.66. The van der Waals surface area contributed by atoms with Crippen LogP contribution in [0.5, 0.6) is 0 Å². The molecule has 1 aromatic rings. The first-order chi connectivity index (χ1) is 8.15. The van der Waals surface area contributed by atoms with E-state index in [9.17, 15) is 0 Å². The minimum absolute atomic E-state index is 0.112. The average Bonchev–Trinajstić information content (AvgIpc) is 2.34. The van der Waals surface area contributed by atoms with E-state index in [1.165, 1.54) is 33.4 Å². The first-order valence-corrected chi connectivity index (χ1v) is 6.97. The van der Waals surface area contributed by atoms with Crippen molar-refractivity contribution in [3.05, 3.63) is 33.4 Å². The highest BCUT2D eigenvalue weighted by Gasteiger charge is 2.29. The summed E-state index contributed by atoms with van der Waals surface area (Å²) in [5.41, 5.74) is 15.0. The second-order valence-corrected chi connectivity index (χ2v) is 6.36. The van der Waals surface area contributed by atoms with Gasteiger partial charge in [0.2, 0.25) is 0 Å². The number of hydrogen-bond acceptors (Lipinski definition) is 1. The van der Waals surface area contributed by atoms with Crippen molar-refractivity contribution in [3.8, 4) is 0 Å². The van der Waals surface area contributed by atoms with Gasteiger partial charge in [0.15, 0.2) is 0 Å². The van der Waals surface area contributed by atoms with Gasteiger partial charge in [-0.25, -0.2) is 0 Å². The summed E-state index contributed by atoms with van der Waals surface area (Å²) in [6, 6.07) is 0.112. The van der Waals surface area contributed by atoms with Crippen LogP contribution in [0.1, 0.15) is 66.6 Å². The zero-order valence-electron chi connectivity index (χ0n) is 13.4. The summed E-state index contributed by atoms with van der Waals surface area (Å²) < 4.78 is 0. The number of benzene rings is 1. The van der Waals surface area contributed by atoms with E-state index in [-0.39, 0.29) is 11.5 Å². The molecule has 0 aliphatic carbocycles. The van der Waals surface area contributed by atoms with Crippen LogP contribution in [0.4, 0.5) is 0 Å². The van der Waals surface area contributed by atoms with Gasteiger partial charge >= 0.3 is 0 Å². The van der Waals surface area contributed by atoms with Crippen LogP contribution in [0.2, 0.25) is 0 Å². The van der Waals surface area contributed by atoms with E-state index >= 15 is 0 Å². The van der Waals surface area contributed by atoms with Gasteiger partial charge < -0.3 is 5.73 Å². The summed E-state index contributed by atoms with van der Waals surface area (Å²) in [6.45, 7) is 17.8. The number of rotatable bonds is 3. The van der Waals surface area contributed by atoms with E-state index in [2.05, 4.69) is 55.4 Å². The zero-order chi connectivity index (χ0) is 14.2. The van der Waals surface area contributed by atoms with Gasteiger partial charge in [-0.3, -0.25) is 0 Å². The van der Waals surface area contributed by atoms with Crippen LogP contribution < -0.4 is 5.73 Å². The zero-order valence-corrected chi connectivity index (χ0v) is 13.4. The summed E-state index contributed by atoms with van der Waals surface area (Å²) >= 11 is 0. The van der Waals surface area contributed by atoms with Crippen molar-refractivity contribution < 1.29 is 0 Å². The Kier molecular flexibility index (Phi) is 4.27. The smallest absolute Gasteiger partial charge is 0.0352 e. The molecule has 18 heavy (non-hydrogen) atoms. The second-order valence-electron chi connectivity index (χ2n) is 6.36. The van der Waals surface area contributed by atoms with Gasteiger partial charge in [0, 0.05) is 6.04 Å². The molecule has 0 saturated heterocycles. The Morgan fingerprint density at radius 1 is 0.833 bits per heavy atom. The molecule has 1 aromatic carbocycles. The Bertz CT molecular complexity index is 426. The van der Waals surface area contributed by atoms with Crippen molar-refractivity contribution in [3.63, 3.8) is 0 Å². The Morgan fingerprint density at radius 3 is 1.50 bits per heavy atom. The molecule has 0 amide bonds. The lowest BCUT2D eigenvalue weighted by Gasteiger charge is -2.34. The lowest BCUT2D eigenvalue weighted by Crippen LogP contribution is -2.30. The first kappa shape index (κ1) is 15.2. The minimum atomic E-state index is 0.112. The molecule has 0 saturated carbocycles. The van der Waals surface area contributed by atoms with Crippen LogP contribution in [0.15, 0.2) is 0 Å². The van der Waals surface area contributed by atoms with E-state index in [0.29, 0.717) is 0 Å². The molecule has 1 nitrogen and oxygen atoms in total. The molecule has 0 bridgehead atoms. The fraction of sp³-hybridized carbons (Fsp3) is 0.647. The maximum atomic E-state index is 6.57. The summed E-state index contributed by atoms with van der Waals surface area (Å²) in [5, 5.41) is 0. The van der Waals surface area contributed by atoms with Crippen molar-refractivity contribution in [1.29, 1.82) is 0 Å². The summed E-state index contributed by atoms with van der Waals surface area (Å²) in [4.78, 5) is 0. The first-order valence-electron chi connectivity index (χ1n) is 6.97. The molecule has 1 rings (SSSR count). The second kappa shape index (κ2) is 5.05. The van der Waals surface area contributed by atoms with Crippen LogP contribution in [0.3, 0.4) is 0 Å². The largest absolute Gasteiger partial charge is 0.323 e. The minimum Gasteiger partial charge on any atom is -0.323 e. The van der Waals surface area contributed by atoms with Crippen LogP contribution in [-0.4, -0.2) is 0 Å². The van der Waals surface area contributed by atoms with Crippen molar-refractivity contribution in [2.45, 2.75) is 67.9 Å². The normalized spacial score (nSPS) is 13.8. The van der Waals surface area contributed by atoms with Crippen molar-refractivity contribution in [2.75, 3.05) is 0 Å². The molecule has 0 fully saturated rings. The molecular formula is C17H29N. The highest BCUT2D eigenvalue weighted by Crippen LogP contribution is 2.39. The molecule has 0 heterocycles. The van der Waals surface area contributed by atoms with Crippen LogP contribution in [0.25, 0.3) is 0 Å². The van der Waals surface area contributed by atoms with Crippen molar-refractivity contribution in [2.24, 2.45) is 11.1 Å². The Hall–Kier alpha value is -0.820. The number of hydrogen-bond donors (Lipinski definition) is 1. The highest BCUT2D eigenvalue weighted by molar-refractivity contribution is 5.51. The third-order valence-electron chi connectivity index (χ3n) is 5.12. The van der Waals surface area contributed by atoms with Gasteiger partial charge in [-0.15, -0.1) is 0 Å². The fourth-order valence-corrected chi connectivity index (χ4v) is 2.61. The van der Waals surface area contributed by atoms with Crippen LogP contribution in [0, 0.1) is 40.0 Å². The third-order valence-corrected chi connectivity index (χ3v) is 5.12. The standard InChI is InChI=1S/C17H29N/c1-9-17(7,8)16(18)15-13(5)11(3)10(2)12(4)14(15)6/h16H,9,18H2,1-8H3. The number of nitrogens with two attached hydrogens (primary N) is 1. The van der Waals surface area contributed by atoms with Crippen LogP contribution >= 0.6 is 0 Å². The van der Waals surface area contributed by atoms with Gasteiger partial charge in [0.1, 0.15) is 0 Å². The summed E-state index contributed by atoms with van der Waals surface area (Å²) in [5.74, 6) is 0. The van der Waals surface area contributed by atoms with E-state index in [1.807, 2.05) is 0 Å². The topological polar surface area (TPSA) is 26.0 Å². The highest BCUT2D eigenvalue weighted by atomic mass is 14.7. The van der Waals surface area contributed by atoms with E-state index in [1.54, 1.807) is 0 Å². The summed E-state index contributed by atoms with van der Waals surface area (Å²) in [7, 11) is 0. The van der Waals surface area contributed by atoms with E-state index in [4.69, 9.17) is 5.73 Å². The van der Waals surface area contributed by atoms with Gasteiger partial charge in [-0.1, -0.05) is 20.8 Å². The molecule has 1 unspecified atom stereocenters. The average molecular weight is 247 g/mol. The molecule has 2 N–H and O–H groups in total. The molecular weight excluding hydrogens is 218 g/mol. The lowest BCUT2D eigenvalue weighted by molar-refractivity contribution is 0.276. The molecule has 1 atom stereocenters. The SMILES string of the molecule is CCC(C)(C)C(N)c1c(C)c(C)c(C)c(C)c1C. The van der Waals surface area contributed by atoms with E-state index in [0.717, 1.165) is 6.42 Å². The van der Waals surface area contributed by atoms with Gasteiger partial charge in [-0.05, 0) is 79.8 Å². The fourth-order valence-electron chi connectivity index (χ4n) is 2.61. The lowest BCUT2D eigenvalue weighted by atomic mass is 9.74. The molecule has 102 valence electrons. The molecule has 0 aliphatic rings.